The smallest absolute Gasteiger partial charge is 0.285 e. The number of rotatable bonds is 2. The molecule has 0 saturated carbocycles. The lowest BCUT2D eigenvalue weighted by molar-refractivity contribution is 0.0764. The maximum atomic E-state index is 12.8. The Kier molecular flexibility index (Phi) is 5.62. The molecule has 9 heteroatoms. The summed E-state index contributed by atoms with van der Waals surface area (Å²) in [5.74, 6) is 0.410. The SMILES string of the molecule is CC1=C(c2ccc(Cl)cc2)S(=O)(=O)N=C1N1CCCN(C(=O)c2ccncc2)CC1. The third-order valence-corrected chi connectivity index (χ3v) is 6.98. The van der Waals surface area contributed by atoms with Gasteiger partial charge in [-0.05, 0) is 43.2 Å². The zero-order valence-electron chi connectivity index (χ0n) is 16.5. The van der Waals surface area contributed by atoms with Crippen molar-refractivity contribution in [3.05, 3.63) is 70.5 Å². The molecule has 1 aromatic carbocycles. The van der Waals surface area contributed by atoms with Crippen LogP contribution in [0.4, 0.5) is 0 Å². The van der Waals surface area contributed by atoms with E-state index in [2.05, 4.69) is 9.38 Å². The molecule has 2 aliphatic rings. The van der Waals surface area contributed by atoms with Crippen LogP contribution in [0.25, 0.3) is 4.91 Å². The fraction of sp³-hybridized carbons (Fsp3) is 0.286. The first-order valence-corrected chi connectivity index (χ1v) is 11.4. The molecule has 1 aromatic heterocycles. The first-order chi connectivity index (χ1) is 14.4. The monoisotopic (exact) mass is 444 g/mol. The maximum absolute atomic E-state index is 12.8. The molecule has 0 radical (unpaired) electrons. The summed E-state index contributed by atoms with van der Waals surface area (Å²) >= 11 is 5.94. The van der Waals surface area contributed by atoms with E-state index >= 15 is 0 Å². The van der Waals surface area contributed by atoms with Gasteiger partial charge in [0.05, 0.1) is 0 Å². The summed E-state index contributed by atoms with van der Waals surface area (Å²) in [4.78, 5) is 20.7. The number of carbonyl (C=O) groups excluding carboxylic acids is 1. The number of aromatic nitrogens is 1. The normalized spacial score (nSPS) is 18.9. The van der Waals surface area contributed by atoms with Crippen molar-refractivity contribution in [3.8, 4) is 0 Å². The van der Waals surface area contributed by atoms with Crippen LogP contribution in [0.1, 0.15) is 29.3 Å². The van der Waals surface area contributed by atoms with Crippen molar-refractivity contribution in [2.45, 2.75) is 13.3 Å². The Morgan fingerprint density at radius 1 is 1.00 bits per heavy atom. The van der Waals surface area contributed by atoms with Gasteiger partial charge in [-0.15, -0.1) is 4.40 Å². The van der Waals surface area contributed by atoms with Crippen molar-refractivity contribution >= 4 is 38.3 Å². The third kappa shape index (κ3) is 3.97. The second-order valence-corrected chi connectivity index (χ2v) is 9.20. The highest BCUT2D eigenvalue weighted by atomic mass is 35.5. The van der Waals surface area contributed by atoms with Gasteiger partial charge in [0, 0.05) is 54.7 Å². The van der Waals surface area contributed by atoms with E-state index in [4.69, 9.17) is 11.6 Å². The fourth-order valence-electron chi connectivity index (χ4n) is 3.79. The highest BCUT2D eigenvalue weighted by molar-refractivity contribution is 8.00. The average Bonchev–Trinajstić information content (AvgIpc) is 2.90. The Morgan fingerprint density at radius 2 is 1.70 bits per heavy atom. The molecule has 30 heavy (non-hydrogen) atoms. The number of nitrogens with zero attached hydrogens (tertiary/aromatic N) is 4. The van der Waals surface area contributed by atoms with Gasteiger partial charge in [-0.2, -0.15) is 8.42 Å². The minimum Gasteiger partial charge on any atom is -0.354 e. The van der Waals surface area contributed by atoms with Gasteiger partial charge in [0.15, 0.2) is 0 Å². The molecule has 0 atom stereocenters. The molecule has 0 N–H and O–H groups in total. The van der Waals surface area contributed by atoms with Crippen LogP contribution >= 0.6 is 11.6 Å². The largest absolute Gasteiger partial charge is 0.354 e. The number of amides is 1. The highest BCUT2D eigenvalue weighted by Crippen LogP contribution is 2.34. The summed E-state index contributed by atoms with van der Waals surface area (Å²) in [7, 11) is -3.79. The van der Waals surface area contributed by atoms with Crippen molar-refractivity contribution in [1.29, 1.82) is 0 Å². The second-order valence-electron chi connectivity index (χ2n) is 7.22. The number of benzene rings is 1. The molecule has 3 heterocycles. The predicted octanol–water partition coefficient (Wildman–Crippen LogP) is 3.06. The fourth-order valence-corrected chi connectivity index (χ4v) is 5.40. The lowest BCUT2D eigenvalue weighted by Gasteiger charge is -2.23. The maximum Gasteiger partial charge on any atom is 0.285 e. The van der Waals surface area contributed by atoms with Gasteiger partial charge in [-0.25, -0.2) is 0 Å². The minimum absolute atomic E-state index is 0.0469. The molecule has 156 valence electrons. The minimum atomic E-state index is -3.79. The molecule has 1 saturated heterocycles. The van der Waals surface area contributed by atoms with Crippen LogP contribution < -0.4 is 0 Å². The van der Waals surface area contributed by atoms with Gasteiger partial charge in [0.2, 0.25) is 0 Å². The van der Waals surface area contributed by atoms with Gasteiger partial charge in [0.25, 0.3) is 15.9 Å². The Hall–Kier alpha value is -2.71. The van der Waals surface area contributed by atoms with E-state index in [0.29, 0.717) is 53.7 Å². The molecule has 0 aliphatic carbocycles. The quantitative estimate of drug-likeness (QED) is 0.710. The summed E-state index contributed by atoms with van der Waals surface area (Å²) in [6.07, 6.45) is 3.92. The van der Waals surface area contributed by atoms with Crippen LogP contribution in [-0.4, -0.2) is 61.1 Å². The van der Waals surface area contributed by atoms with Gasteiger partial charge >= 0.3 is 0 Å². The summed E-state index contributed by atoms with van der Waals surface area (Å²) < 4.78 is 29.6. The van der Waals surface area contributed by atoms with E-state index in [1.807, 2.05) is 4.90 Å². The highest BCUT2D eigenvalue weighted by Gasteiger charge is 2.34. The molecule has 1 amide bonds. The molecule has 2 aliphatic heterocycles. The standard InChI is InChI=1S/C21H21ClN4O3S/c1-15-19(16-3-5-18(22)6-4-16)30(28,29)24-20(15)25-11-2-12-26(14-13-25)21(27)17-7-9-23-10-8-17/h3-10H,2,11-14H2,1H3. The van der Waals surface area contributed by atoms with Gasteiger partial charge < -0.3 is 9.80 Å². The van der Waals surface area contributed by atoms with Crippen LogP contribution in [0.15, 0.2) is 58.8 Å². The van der Waals surface area contributed by atoms with E-state index in [-0.39, 0.29) is 10.8 Å². The molecule has 0 bridgehead atoms. The number of halogens is 1. The molecule has 0 unspecified atom stereocenters. The topological polar surface area (TPSA) is 82.9 Å². The van der Waals surface area contributed by atoms with Crippen LogP contribution in [0.2, 0.25) is 5.02 Å². The van der Waals surface area contributed by atoms with E-state index in [9.17, 15) is 13.2 Å². The van der Waals surface area contributed by atoms with Gasteiger partial charge in [-0.1, -0.05) is 23.7 Å². The first-order valence-electron chi connectivity index (χ1n) is 9.63. The average molecular weight is 445 g/mol. The lowest BCUT2D eigenvalue weighted by atomic mass is 10.1. The van der Waals surface area contributed by atoms with Crippen molar-refractivity contribution in [2.75, 3.05) is 26.2 Å². The van der Waals surface area contributed by atoms with Crippen molar-refractivity contribution < 1.29 is 13.2 Å². The Bertz CT molecular complexity index is 1130. The third-order valence-electron chi connectivity index (χ3n) is 5.26. The number of hydrogen-bond donors (Lipinski definition) is 0. The van der Waals surface area contributed by atoms with E-state index in [1.165, 1.54) is 0 Å². The van der Waals surface area contributed by atoms with Crippen LogP contribution in [0, 0.1) is 0 Å². The Labute approximate surface area is 180 Å². The number of amidine groups is 1. The van der Waals surface area contributed by atoms with E-state index in [0.717, 1.165) is 6.42 Å². The predicted molar refractivity (Wildman–Crippen MR) is 117 cm³/mol. The van der Waals surface area contributed by atoms with Crippen LogP contribution in [0.3, 0.4) is 0 Å². The number of sulfonamides is 1. The first kappa shape index (κ1) is 20.6. The van der Waals surface area contributed by atoms with E-state index in [1.54, 1.807) is 60.6 Å². The van der Waals surface area contributed by atoms with Crippen molar-refractivity contribution in [3.63, 3.8) is 0 Å². The van der Waals surface area contributed by atoms with Crippen LogP contribution in [-0.2, 0) is 10.0 Å². The summed E-state index contributed by atoms with van der Waals surface area (Å²) in [5, 5.41) is 0.542. The Morgan fingerprint density at radius 3 is 2.40 bits per heavy atom. The molecule has 2 aromatic rings. The van der Waals surface area contributed by atoms with Gasteiger partial charge in [-0.3, -0.25) is 9.78 Å². The van der Waals surface area contributed by atoms with Gasteiger partial charge in [0.1, 0.15) is 10.7 Å². The molecule has 7 nitrogen and oxygen atoms in total. The molecule has 4 rings (SSSR count). The lowest BCUT2D eigenvalue weighted by Crippen LogP contribution is -2.37. The summed E-state index contributed by atoms with van der Waals surface area (Å²) in [6, 6.07) is 10.1. The summed E-state index contributed by atoms with van der Waals surface area (Å²) in [5.41, 5.74) is 1.78. The van der Waals surface area contributed by atoms with Crippen molar-refractivity contribution in [2.24, 2.45) is 4.40 Å². The number of carbonyl (C=O) groups is 1. The number of pyridine rings is 1. The molecule has 1 fully saturated rings. The summed E-state index contributed by atoms with van der Waals surface area (Å²) in [6.45, 7) is 4.00. The molecule has 0 spiro atoms. The van der Waals surface area contributed by atoms with E-state index < -0.39 is 10.0 Å². The second kappa shape index (κ2) is 8.20. The van der Waals surface area contributed by atoms with Crippen molar-refractivity contribution in [1.82, 2.24) is 14.8 Å². The molecular formula is C21H21ClN4O3S. The zero-order chi connectivity index (χ0) is 21.3. The van der Waals surface area contributed by atoms with Crippen LogP contribution in [0.5, 0.6) is 0 Å². The zero-order valence-corrected chi connectivity index (χ0v) is 18.0. The Balaban J connectivity index is 1.56. The number of hydrogen-bond acceptors (Lipinski definition) is 5. The molecular weight excluding hydrogens is 424 g/mol.